The summed E-state index contributed by atoms with van der Waals surface area (Å²) in [5, 5.41) is 4.92. The zero-order valence-electron chi connectivity index (χ0n) is 15.1. The number of hydrogen-bond donors (Lipinski definition) is 3. The lowest BCUT2D eigenvalue weighted by atomic mass is 9.97. The van der Waals surface area contributed by atoms with E-state index >= 15 is 0 Å². The molecule has 3 aliphatic rings. The average molecular weight is 381 g/mol. The quantitative estimate of drug-likeness (QED) is 0.705. The van der Waals surface area contributed by atoms with Gasteiger partial charge >= 0.3 is 0 Å². The van der Waals surface area contributed by atoms with Crippen molar-refractivity contribution >= 4 is 11.6 Å². The van der Waals surface area contributed by atoms with Crippen molar-refractivity contribution in [2.75, 3.05) is 13.9 Å². The first-order chi connectivity index (χ1) is 13.7. The Morgan fingerprint density at radius 3 is 2.96 bits per heavy atom. The number of nitrogens with two attached hydrogens (primary N) is 1. The summed E-state index contributed by atoms with van der Waals surface area (Å²) in [6, 6.07) is 9.29. The van der Waals surface area contributed by atoms with Crippen LogP contribution in [0, 0.1) is 0 Å². The molecule has 5 rings (SSSR count). The van der Waals surface area contributed by atoms with Gasteiger partial charge in [0, 0.05) is 17.8 Å². The largest absolute Gasteiger partial charge is 0.492 e. The fraction of sp³-hybridized carbons (Fsp3) is 0.263. The number of amides is 1. The predicted octanol–water partition coefficient (Wildman–Crippen LogP) is 0.504. The van der Waals surface area contributed by atoms with Crippen LogP contribution >= 0.6 is 0 Å². The molecule has 4 heterocycles. The van der Waals surface area contributed by atoms with Crippen LogP contribution in [-0.4, -0.2) is 42.1 Å². The summed E-state index contributed by atoms with van der Waals surface area (Å²) in [7, 11) is 1.56. The second-order valence-corrected chi connectivity index (χ2v) is 6.67. The number of hydrogen-bond acceptors (Lipinski definition) is 8. The number of nitrogens with one attached hydrogen (secondary N) is 2. The Kier molecular flexibility index (Phi) is 3.85. The number of ether oxygens (including phenoxy) is 3. The van der Waals surface area contributed by atoms with Gasteiger partial charge in [-0.2, -0.15) is 0 Å². The zero-order valence-corrected chi connectivity index (χ0v) is 15.1. The molecule has 0 radical (unpaired) electrons. The summed E-state index contributed by atoms with van der Waals surface area (Å²) < 4.78 is 16.5. The van der Waals surface area contributed by atoms with E-state index in [1.54, 1.807) is 19.4 Å². The van der Waals surface area contributed by atoms with Crippen LogP contribution < -0.4 is 30.7 Å². The SMILES string of the molecule is COc1c(C2=CC(=O)N3NC(N)C(c4ccccn4)C3N2)ccc2c1OCO2. The molecule has 0 aliphatic carbocycles. The molecular weight excluding hydrogens is 362 g/mol. The van der Waals surface area contributed by atoms with Crippen LogP contribution in [0.2, 0.25) is 0 Å². The molecule has 1 aromatic heterocycles. The third kappa shape index (κ3) is 2.48. The van der Waals surface area contributed by atoms with Gasteiger partial charge in [-0.1, -0.05) is 6.07 Å². The highest BCUT2D eigenvalue weighted by atomic mass is 16.7. The van der Waals surface area contributed by atoms with Crippen LogP contribution in [0.3, 0.4) is 0 Å². The van der Waals surface area contributed by atoms with Crippen molar-refractivity contribution in [3.63, 3.8) is 0 Å². The van der Waals surface area contributed by atoms with E-state index in [2.05, 4.69) is 15.7 Å². The molecule has 1 fully saturated rings. The Labute approximate surface area is 161 Å². The molecule has 3 unspecified atom stereocenters. The summed E-state index contributed by atoms with van der Waals surface area (Å²) >= 11 is 0. The first-order valence-corrected chi connectivity index (χ1v) is 8.88. The smallest absolute Gasteiger partial charge is 0.264 e. The molecule has 2 aromatic rings. The molecule has 1 aromatic carbocycles. The fourth-order valence-electron chi connectivity index (χ4n) is 3.86. The van der Waals surface area contributed by atoms with Gasteiger partial charge in [0.15, 0.2) is 11.5 Å². The zero-order chi connectivity index (χ0) is 19.3. The third-order valence-electron chi connectivity index (χ3n) is 5.12. The molecule has 1 saturated heterocycles. The molecule has 9 heteroatoms. The van der Waals surface area contributed by atoms with E-state index in [9.17, 15) is 4.79 Å². The van der Waals surface area contributed by atoms with Gasteiger partial charge in [0.25, 0.3) is 5.91 Å². The molecule has 3 atom stereocenters. The van der Waals surface area contributed by atoms with Gasteiger partial charge < -0.3 is 25.3 Å². The van der Waals surface area contributed by atoms with E-state index in [-0.39, 0.29) is 18.6 Å². The van der Waals surface area contributed by atoms with E-state index in [1.807, 2.05) is 24.3 Å². The minimum absolute atomic E-state index is 0.136. The monoisotopic (exact) mass is 381 g/mol. The highest BCUT2D eigenvalue weighted by Crippen LogP contribution is 2.45. The second-order valence-electron chi connectivity index (χ2n) is 6.67. The highest BCUT2D eigenvalue weighted by Gasteiger charge is 2.46. The standard InChI is InChI=1S/C19H19N5O4/c1-26-16-10(5-6-13-17(16)28-9-27-13)12-8-14(25)24-19(22-12)15(18(20)23-24)11-4-2-3-7-21-11/h2-8,15,18-19,22-23H,9,20H2,1H3. The number of rotatable bonds is 3. The predicted molar refractivity (Wildman–Crippen MR) is 99.0 cm³/mol. The first-order valence-electron chi connectivity index (χ1n) is 8.88. The normalized spacial score (nSPS) is 25.2. The van der Waals surface area contributed by atoms with Crippen LogP contribution in [0.1, 0.15) is 17.2 Å². The number of carbonyl (C=O) groups excluding carboxylic acids is 1. The molecule has 144 valence electrons. The minimum atomic E-state index is -0.456. The highest BCUT2D eigenvalue weighted by molar-refractivity contribution is 5.98. The Balaban J connectivity index is 1.54. The first kappa shape index (κ1) is 16.8. The maximum atomic E-state index is 12.8. The Morgan fingerprint density at radius 2 is 2.18 bits per heavy atom. The number of nitrogens with zero attached hydrogens (tertiary/aromatic N) is 2. The van der Waals surface area contributed by atoms with Crippen LogP contribution in [-0.2, 0) is 4.79 Å². The Bertz CT molecular complexity index is 964. The van der Waals surface area contributed by atoms with Gasteiger partial charge in [-0.05, 0) is 24.3 Å². The van der Waals surface area contributed by atoms with Crippen molar-refractivity contribution < 1.29 is 19.0 Å². The summed E-state index contributed by atoms with van der Waals surface area (Å²) in [6.45, 7) is 0.136. The van der Waals surface area contributed by atoms with Gasteiger partial charge in [-0.25, -0.2) is 10.4 Å². The van der Waals surface area contributed by atoms with E-state index in [0.717, 1.165) is 5.69 Å². The molecular formula is C19H19N5O4. The molecule has 1 amide bonds. The van der Waals surface area contributed by atoms with Crippen molar-refractivity contribution in [3.8, 4) is 17.2 Å². The average Bonchev–Trinajstić information content (AvgIpc) is 3.31. The summed E-state index contributed by atoms with van der Waals surface area (Å²) in [4.78, 5) is 17.2. The number of fused-ring (bicyclic) bond motifs is 2. The number of carbonyl (C=O) groups is 1. The molecule has 0 saturated carbocycles. The Hall–Kier alpha value is -3.30. The van der Waals surface area contributed by atoms with Crippen molar-refractivity contribution in [3.05, 3.63) is 53.9 Å². The van der Waals surface area contributed by atoms with Gasteiger partial charge in [-0.3, -0.25) is 9.78 Å². The molecule has 0 spiro atoms. The number of benzene rings is 1. The van der Waals surface area contributed by atoms with Crippen LogP contribution in [0.25, 0.3) is 5.70 Å². The molecule has 3 aliphatic heterocycles. The maximum Gasteiger partial charge on any atom is 0.264 e. The van der Waals surface area contributed by atoms with Gasteiger partial charge in [-0.15, -0.1) is 0 Å². The Morgan fingerprint density at radius 1 is 1.29 bits per heavy atom. The van der Waals surface area contributed by atoms with Crippen molar-refractivity contribution in [2.24, 2.45) is 5.73 Å². The third-order valence-corrected chi connectivity index (χ3v) is 5.12. The molecule has 9 nitrogen and oxygen atoms in total. The summed E-state index contributed by atoms with van der Waals surface area (Å²) in [6.07, 6.45) is 2.37. The maximum absolute atomic E-state index is 12.8. The lowest BCUT2D eigenvalue weighted by Gasteiger charge is -2.33. The number of pyridine rings is 1. The summed E-state index contributed by atoms with van der Waals surface area (Å²) in [5.74, 6) is 1.22. The van der Waals surface area contributed by atoms with E-state index in [4.69, 9.17) is 19.9 Å². The molecule has 28 heavy (non-hydrogen) atoms. The van der Waals surface area contributed by atoms with Gasteiger partial charge in [0.2, 0.25) is 12.5 Å². The van der Waals surface area contributed by atoms with E-state index in [1.165, 1.54) is 11.1 Å². The van der Waals surface area contributed by atoms with Crippen LogP contribution in [0.4, 0.5) is 0 Å². The van der Waals surface area contributed by atoms with Crippen molar-refractivity contribution in [1.82, 2.24) is 20.7 Å². The number of hydrazine groups is 1. The van der Waals surface area contributed by atoms with Crippen molar-refractivity contribution in [1.29, 1.82) is 0 Å². The lowest BCUT2D eigenvalue weighted by molar-refractivity contribution is -0.131. The van der Waals surface area contributed by atoms with E-state index in [0.29, 0.717) is 28.5 Å². The topological polar surface area (TPSA) is 111 Å². The number of methoxy groups -OCH3 is 1. The molecule has 4 N–H and O–H groups in total. The van der Waals surface area contributed by atoms with Gasteiger partial charge in [0.1, 0.15) is 6.17 Å². The van der Waals surface area contributed by atoms with Crippen LogP contribution in [0.15, 0.2) is 42.6 Å². The van der Waals surface area contributed by atoms with Crippen molar-refractivity contribution in [2.45, 2.75) is 18.2 Å². The van der Waals surface area contributed by atoms with Gasteiger partial charge in [0.05, 0.1) is 30.6 Å². The summed E-state index contributed by atoms with van der Waals surface area (Å²) in [5.41, 5.74) is 11.4. The second kappa shape index (κ2) is 6.39. The minimum Gasteiger partial charge on any atom is -0.492 e. The number of aromatic nitrogens is 1. The lowest BCUT2D eigenvalue weighted by Crippen LogP contribution is -2.52. The van der Waals surface area contributed by atoms with Crippen LogP contribution in [0.5, 0.6) is 17.2 Å². The van der Waals surface area contributed by atoms with E-state index < -0.39 is 12.3 Å². The molecule has 0 bridgehead atoms. The fourth-order valence-corrected chi connectivity index (χ4v) is 3.86.